The fourth-order valence-corrected chi connectivity index (χ4v) is 10.1. The van der Waals surface area contributed by atoms with Crippen molar-refractivity contribution in [2.45, 2.75) is 36.6 Å². The van der Waals surface area contributed by atoms with Gasteiger partial charge in [0.1, 0.15) is 5.82 Å². The molecule has 4 aliphatic rings. The molecule has 9 rings (SSSR count). The van der Waals surface area contributed by atoms with Gasteiger partial charge in [-0.3, -0.25) is 38.8 Å². The number of fused-ring (bicyclic) bond motifs is 1. The zero-order chi connectivity index (χ0) is 51.5. The van der Waals surface area contributed by atoms with E-state index in [1.165, 1.54) is 18.2 Å². The van der Waals surface area contributed by atoms with Crippen LogP contribution in [0.3, 0.4) is 0 Å². The van der Waals surface area contributed by atoms with Gasteiger partial charge in [0.2, 0.25) is 18.2 Å². The number of nitrogens with one attached hydrogen (secondary N) is 2. The zero-order valence-corrected chi connectivity index (χ0v) is 41.6. The Labute approximate surface area is 425 Å². The van der Waals surface area contributed by atoms with Gasteiger partial charge >= 0.3 is 5.51 Å². The minimum absolute atomic E-state index is 0.00632. The lowest BCUT2D eigenvalue weighted by atomic mass is 9.96. The Hall–Kier alpha value is -6.26. The number of likely N-dealkylation sites (tertiary alicyclic amines) is 1. The molecule has 0 bridgehead atoms. The van der Waals surface area contributed by atoms with Crippen LogP contribution < -0.4 is 10.9 Å². The average Bonchev–Trinajstić information content (AvgIpc) is 3.39. The summed E-state index contributed by atoms with van der Waals surface area (Å²) in [5.41, 5.74) is -0.853. The molecule has 0 atom stereocenters. The monoisotopic (exact) mass is 1030 g/mol. The molecule has 0 saturated carbocycles. The maximum absolute atomic E-state index is 14.9. The quantitative estimate of drug-likeness (QED) is 0.0882. The Balaban J connectivity index is 0.000000218. The maximum atomic E-state index is 14.9. The molecule has 4 saturated heterocycles. The normalized spacial score (nSPS) is 17.5. The number of halogens is 4. The van der Waals surface area contributed by atoms with Crippen molar-refractivity contribution in [3.63, 3.8) is 0 Å². The number of hydrogen-bond donors (Lipinski definition) is 2. The van der Waals surface area contributed by atoms with Crippen molar-refractivity contribution in [1.82, 2.24) is 44.6 Å². The number of ether oxygens (including phenoxy) is 1. The number of thioether (sulfide) groups is 1. The van der Waals surface area contributed by atoms with Crippen LogP contribution in [0.1, 0.15) is 40.2 Å². The molecule has 16 nitrogen and oxygen atoms in total. The number of nitrogens with zero attached hydrogens (tertiary/aromatic N) is 8. The first-order valence-corrected chi connectivity index (χ1v) is 25.4. The van der Waals surface area contributed by atoms with E-state index in [0.717, 1.165) is 65.1 Å². The minimum Gasteiger partial charge on any atom is -0.379 e. The number of hydrogen-bond acceptors (Lipinski definition) is 12. The fourth-order valence-electron chi connectivity index (χ4n) is 9.54. The highest BCUT2D eigenvalue weighted by atomic mass is 32.2. The highest BCUT2D eigenvalue weighted by molar-refractivity contribution is 8.00. The summed E-state index contributed by atoms with van der Waals surface area (Å²) in [6.07, 6.45) is 4.96. The largest absolute Gasteiger partial charge is 0.446 e. The number of alkyl halides is 3. The van der Waals surface area contributed by atoms with E-state index >= 15 is 0 Å². The van der Waals surface area contributed by atoms with Crippen LogP contribution in [0.15, 0.2) is 88.7 Å². The van der Waals surface area contributed by atoms with Crippen LogP contribution in [0, 0.1) is 18.7 Å². The molecule has 0 unspecified atom stereocenters. The number of pyridine rings is 1. The van der Waals surface area contributed by atoms with Crippen LogP contribution >= 0.6 is 11.8 Å². The van der Waals surface area contributed by atoms with Gasteiger partial charge in [0.15, 0.2) is 0 Å². The van der Waals surface area contributed by atoms with E-state index < -0.39 is 17.2 Å². The third kappa shape index (κ3) is 14.7. The first-order valence-electron chi connectivity index (χ1n) is 24.6. The summed E-state index contributed by atoms with van der Waals surface area (Å²) in [5.74, 6) is -0.464. The molecule has 388 valence electrons. The van der Waals surface area contributed by atoms with E-state index in [1.54, 1.807) is 65.4 Å². The van der Waals surface area contributed by atoms with Crippen LogP contribution in [0.5, 0.6) is 0 Å². The second-order valence-electron chi connectivity index (χ2n) is 18.7. The lowest BCUT2D eigenvalue weighted by Gasteiger charge is -2.39. The Morgan fingerprint density at radius 2 is 1.48 bits per heavy atom. The number of aromatic amines is 1. The second-order valence-corrected chi connectivity index (χ2v) is 19.9. The number of H-pyrrole nitrogens is 1. The van der Waals surface area contributed by atoms with Crippen molar-refractivity contribution in [2.24, 2.45) is 5.92 Å². The van der Waals surface area contributed by atoms with Gasteiger partial charge in [-0.05, 0) is 85.0 Å². The van der Waals surface area contributed by atoms with Gasteiger partial charge in [0.25, 0.3) is 11.5 Å². The molecule has 2 aromatic heterocycles. The molecule has 4 fully saturated rings. The number of morpholine rings is 1. The number of aromatic nitrogens is 3. The number of amides is 4. The van der Waals surface area contributed by atoms with E-state index in [4.69, 9.17) is 4.74 Å². The molecule has 73 heavy (non-hydrogen) atoms. The number of rotatable bonds is 13. The summed E-state index contributed by atoms with van der Waals surface area (Å²) in [7, 11) is 0. The van der Waals surface area contributed by atoms with Crippen molar-refractivity contribution in [1.29, 1.82) is 0 Å². The molecule has 3 aromatic carbocycles. The third-order valence-corrected chi connectivity index (χ3v) is 14.4. The van der Waals surface area contributed by atoms with Crippen LogP contribution in [-0.2, 0) is 25.5 Å². The van der Waals surface area contributed by atoms with E-state index in [9.17, 15) is 41.5 Å². The predicted octanol–water partition coefficient (Wildman–Crippen LogP) is 5.36. The maximum Gasteiger partial charge on any atom is 0.446 e. The molecule has 0 spiro atoms. The summed E-state index contributed by atoms with van der Waals surface area (Å²) in [6.45, 7) is 12.8. The number of piperidine rings is 1. The summed E-state index contributed by atoms with van der Waals surface area (Å²) in [5, 5.41) is 10.8. The van der Waals surface area contributed by atoms with Gasteiger partial charge in [0.05, 0.1) is 54.3 Å². The van der Waals surface area contributed by atoms with E-state index in [0.29, 0.717) is 116 Å². The van der Waals surface area contributed by atoms with Crippen molar-refractivity contribution >= 4 is 52.4 Å². The first kappa shape index (κ1) is 53.0. The molecule has 4 aliphatic heterocycles. The van der Waals surface area contributed by atoms with Crippen LogP contribution in [0.4, 0.5) is 23.2 Å². The predicted molar refractivity (Wildman–Crippen MR) is 270 cm³/mol. The van der Waals surface area contributed by atoms with Gasteiger partial charge < -0.3 is 29.7 Å². The number of anilines is 1. The van der Waals surface area contributed by atoms with Gasteiger partial charge in [-0.1, -0.05) is 36.4 Å². The molecule has 0 radical (unpaired) electrons. The summed E-state index contributed by atoms with van der Waals surface area (Å²) >= 11 is -0.159. The van der Waals surface area contributed by atoms with E-state index in [1.807, 2.05) is 21.9 Å². The SMILES string of the molecule is Cc1ncc(-c2cccc(SC(F)(F)F)c2)cc1NC(=O)CN1CCOCC1.O=CN1CCC(CN2CCN(CC(=O)N3CCN(C(=O)c4cc(Cc5n[nH]c(=O)c6ccccc56)ccc4F)CC3)CC2)CC1. The van der Waals surface area contributed by atoms with E-state index in [2.05, 4.69) is 30.3 Å². The third-order valence-electron chi connectivity index (χ3n) is 13.7. The standard InChI is InChI=1S/C33H40FN7O4.C19H20F3N3O2S/c34-29-6-5-25(20-30-26-3-1-2-4-27(26)32(44)36-35-30)19-28(29)33(45)41-17-15-40(16-18-41)31(43)22-38-13-11-37(12-14-38)21-24-7-9-39(23-42)10-8-24;1-13-17(24-18(26)12-25-5-7-27-8-6-25)10-15(11-23-13)14-3-2-4-16(9-14)28-19(20,21)22/h1-6,19,23-24H,7-18,20-22H2,(H,36,44);2-4,9-11H,5-8,12H2,1H3,(H,24,26). The lowest BCUT2D eigenvalue weighted by Crippen LogP contribution is -2.55. The van der Waals surface area contributed by atoms with Gasteiger partial charge in [-0.25, -0.2) is 9.49 Å². The van der Waals surface area contributed by atoms with Gasteiger partial charge in [-0.2, -0.15) is 18.3 Å². The van der Waals surface area contributed by atoms with Crippen molar-refractivity contribution in [2.75, 3.05) is 117 Å². The minimum atomic E-state index is -4.34. The Morgan fingerprint density at radius 3 is 2.19 bits per heavy atom. The highest BCUT2D eigenvalue weighted by Gasteiger charge is 2.31. The summed E-state index contributed by atoms with van der Waals surface area (Å²) < 4.78 is 58.0. The van der Waals surface area contributed by atoms with Crippen molar-refractivity contribution in [3.05, 3.63) is 118 Å². The molecule has 5 aromatic rings. The smallest absolute Gasteiger partial charge is 0.379 e. The lowest BCUT2D eigenvalue weighted by molar-refractivity contribution is -0.134. The molecule has 0 aliphatic carbocycles. The molecule has 2 N–H and O–H groups in total. The Bertz CT molecular complexity index is 2790. The van der Waals surface area contributed by atoms with Gasteiger partial charge in [-0.15, -0.1) is 0 Å². The number of benzene rings is 3. The average molecular weight is 1030 g/mol. The Kier molecular flexibility index (Phi) is 17.9. The molecule has 21 heteroatoms. The van der Waals surface area contributed by atoms with Crippen molar-refractivity contribution in [3.8, 4) is 11.1 Å². The van der Waals surface area contributed by atoms with Crippen LogP contribution in [0.25, 0.3) is 21.9 Å². The number of aryl methyl sites for hydroxylation is 1. The number of carbonyl (C=O) groups excluding carboxylic acids is 4. The van der Waals surface area contributed by atoms with Crippen LogP contribution in [0.2, 0.25) is 0 Å². The van der Waals surface area contributed by atoms with Crippen molar-refractivity contribution < 1.29 is 41.5 Å². The zero-order valence-electron chi connectivity index (χ0n) is 40.7. The topological polar surface area (TPSA) is 168 Å². The number of carbonyl (C=O) groups is 4. The van der Waals surface area contributed by atoms with Gasteiger partial charge in [0, 0.05) is 114 Å². The molecule has 4 amide bonds. The Morgan fingerprint density at radius 1 is 0.795 bits per heavy atom. The van der Waals surface area contributed by atoms with Crippen LogP contribution in [-0.4, -0.2) is 186 Å². The highest BCUT2D eigenvalue weighted by Crippen LogP contribution is 2.38. The molecular weight excluding hydrogens is 969 g/mol. The number of piperazine rings is 2. The summed E-state index contributed by atoms with van der Waals surface area (Å²) in [6, 6.07) is 19.6. The molecule has 6 heterocycles. The fraction of sp³-hybridized carbons (Fsp3) is 0.442. The molecular formula is C52H60F4N10O6S. The first-order chi connectivity index (χ1) is 35.2. The summed E-state index contributed by atoms with van der Waals surface area (Å²) in [4.78, 5) is 78.2. The van der Waals surface area contributed by atoms with E-state index in [-0.39, 0.29) is 46.1 Å². The second kappa shape index (κ2) is 24.6.